The normalized spacial score (nSPS) is 10.6. The Hall–Kier alpha value is -2.88. The van der Waals surface area contributed by atoms with Crippen LogP contribution in [-0.2, 0) is 0 Å². The highest BCUT2D eigenvalue weighted by molar-refractivity contribution is 5.76. The molecule has 1 aromatic heterocycles. The van der Waals surface area contributed by atoms with Crippen molar-refractivity contribution in [1.29, 1.82) is 0 Å². The Morgan fingerprint density at radius 3 is 1.96 bits per heavy atom. The highest BCUT2D eigenvalue weighted by Crippen LogP contribution is 2.45. The molecule has 0 bridgehead atoms. The maximum Gasteiger partial charge on any atom is 0.203 e. The third-order valence-corrected chi connectivity index (χ3v) is 4.35. The van der Waals surface area contributed by atoms with E-state index in [-0.39, 0.29) is 0 Å². The van der Waals surface area contributed by atoms with Crippen LogP contribution < -0.4 is 14.2 Å². The number of hydrogen-bond acceptors (Lipinski definition) is 3. The minimum Gasteiger partial charge on any atom is -0.493 e. The SMILES string of the molecule is COc1ccc(-c2ccc(C)n2-c2ccc(C)cc2)c(OC)c1OC. The summed E-state index contributed by atoms with van der Waals surface area (Å²) in [5, 5.41) is 0. The summed E-state index contributed by atoms with van der Waals surface area (Å²) in [6.45, 7) is 4.18. The molecule has 0 amide bonds. The van der Waals surface area contributed by atoms with E-state index in [2.05, 4.69) is 54.8 Å². The summed E-state index contributed by atoms with van der Waals surface area (Å²) >= 11 is 0. The molecule has 3 rings (SSSR count). The first-order chi connectivity index (χ1) is 12.1. The predicted octanol–water partition coefficient (Wildman–Crippen LogP) is 4.79. The van der Waals surface area contributed by atoms with E-state index < -0.39 is 0 Å². The molecule has 0 aliphatic heterocycles. The number of nitrogens with zero attached hydrogens (tertiary/aromatic N) is 1. The van der Waals surface area contributed by atoms with Crippen molar-refractivity contribution in [1.82, 2.24) is 4.57 Å². The van der Waals surface area contributed by atoms with E-state index in [1.165, 1.54) is 5.56 Å². The van der Waals surface area contributed by atoms with Crippen molar-refractivity contribution in [3.05, 3.63) is 59.8 Å². The molecule has 2 aromatic carbocycles. The van der Waals surface area contributed by atoms with Gasteiger partial charge in [-0.05, 0) is 50.2 Å². The first-order valence-corrected chi connectivity index (χ1v) is 8.15. The average Bonchev–Trinajstić information content (AvgIpc) is 3.02. The fraction of sp³-hybridized carbons (Fsp3) is 0.238. The maximum absolute atomic E-state index is 5.67. The van der Waals surface area contributed by atoms with Gasteiger partial charge in [-0.1, -0.05) is 17.7 Å². The van der Waals surface area contributed by atoms with E-state index in [1.54, 1.807) is 21.3 Å². The Morgan fingerprint density at radius 2 is 1.36 bits per heavy atom. The lowest BCUT2D eigenvalue weighted by atomic mass is 10.1. The zero-order valence-corrected chi connectivity index (χ0v) is 15.3. The standard InChI is InChI=1S/C21H23NO3/c1-14-6-9-16(10-7-14)22-15(2)8-12-18(22)17-11-13-19(23-3)21(25-5)20(17)24-4/h6-13H,1-5H3. The summed E-state index contributed by atoms with van der Waals surface area (Å²) in [4.78, 5) is 0. The molecule has 0 radical (unpaired) electrons. The van der Waals surface area contributed by atoms with Crippen molar-refractivity contribution < 1.29 is 14.2 Å². The summed E-state index contributed by atoms with van der Waals surface area (Å²) < 4.78 is 18.8. The average molecular weight is 337 g/mol. The Balaban J connectivity index is 2.23. The van der Waals surface area contributed by atoms with Gasteiger partial charge in [-0.2, -0.15) is 0 Å². The molecule has 4 nitrogen and oxygen atoms in total. The Labute approximate surface area is 148 Å². The van der Waals surface area contributed by atoms with Gasteiger partial charge in [0, 0.05) is 16.9 Å². The quantitative estimate of drug-likeness (QED) is 0.671. The van der Waals surface area contributed by atoms with Crippen LogP contribution in [0.3, 0.4) is 0 Å². The third kappa shape index (κ3) is 2.95. The number of aryl methyl sites for hydroxylation is 2. The largest absolute Gasteiger partial charge is 0.493 e. The molecule has 3 aromatic rings. The van der Waals surface area contributed by atoms with Crippen LogP contribution in [0.15, 0.2) is 48.5 Å². The predicted molar refractivity (Wildman–Crippen MR) is 100 cm³/mol. The summed E-state index contributed by atoms with van der Waals surface area (Å²) in [5.41, 5.74) is 5.49. The van der Waals surface area contributed by atoms with Gasteiger partial charge in [-0.3, -0.25) is 0 Å². The van der Waals surface area contributed by atoms with Crippen LogP contribution in [0.1, 0.15) is 11.3 Å². The Kier molecular flexibility index (Phi) is 4.70. The van der Waals surface area contributed by atoms with Gasteiger partial charge in [-0.25, -0.2) is 0 Å². The van der Waals surface area contributed by atoms with E-state index in [1.807, 2.05) is 12.1 Å². The van der Waals surface area contributed by atoms with Gasteiger partial charge < -0.3 is 18.8 Å². The zero-order valence-electron chi connectivity index (χ0n) is 15.3. The molecular formula is C21H23NO3. The molecule has 0 saturated carbocycles. The van der Waals surface area contributed by atoms with Crippen molar-refractivity contribution in [2.75, 3.05) is 21.3 Å². The number of rotatable bonds is 5. The molecule has 130 valence electrons. The number of hydrogen-bond donors (Lipinski definition) is 0. The molecule has 1 heterocycles. The molecule has 0 fully saturated rings. The first kappa shape index (κ1) is 17.0. The number of benzene rings is 2. The van der Waals surface area contributed by atoms with Gasteiger partial charge in [0.1, 0.15) is 0 Å². The van der Waals surface area contributed by atoms with Crippen LogP contribution in [0, 0.1) is 13.8 Å². The minimum absolute atomic E-state index is 0.594. The second-order valence-corrected chi connectivity index (χ2v) is 5.91. The van der Waals surface area contributed by atoms with E-state index in [0.29, 0.717) is 17.2 Å². The van der Waals surface area contributed by atoms with Crippen molar-refractivity contribution in [2.45, 2.75) is 13.8 Å². The topological polar surface area (TPSA) is 32.6 Å². The molecule has 4 heteroatoms. The van der Waals surface area contributed by atoms with Crippen molar-refractivity contribution in [3.63, 3.8) is 0 Å². The van der Waals surface area contributed by atoms with Crippen molar-refractivity contribution in [2.24, 2.45) is 0 Å². The monoisotopic (exact) mass is 337 g/mol. The van der Waals surface area contributed by atoms with Gasteiger partial charge in [-0.15, -0.1) is 0 Å². The van der Waals surface area contributed by atoms with Gasteiger partial charge in [0.2, 0.25) is 5.75 Å². The molecule has 0 atom stereocenters. The highest BCUT2D eigenvalue weighted by atomic mass is 16.5. The smallest absolute Gasteiger partial charge is 0.203 e. The minimum atomic E-state index is 0.594. The van der Waals surface area contributed by atoms with E-state index >= 15 is 0 Å². The fourth-order valence-electron chi connectivity index (χ4n) is 3.09. The summed E-state index contributed by atoms with van der Waals surface area (Å²) in [7, 11) is 4.89. The summed E-state index contributed by atoms with van der Waals surface area (Å²) in [6, 6.07) is 16.6. The molecule has 0 unspecified atom stereocenters. The van der Waals surface area contributed by atoms with Gasteiger partial charge in [0.05, 0.1) is 27.0 Å². The Morgan fingerprint density at radius 1 is 0.680 bits per heavy atom. The summed E-state index contributed by atoms with van der Waals surface area (Å²) in [6.07, 6.45) is 0. The van der Waals surface area contributed by atoms with Crippen molar-refractivity contribution in [3.8, 4) is 34.2 Å². The second-order valence-electron chi connectivity index (χ2n) is 5.91. The summed E-state index contributed by atoms with van der Waals surface area (Å²) in [5.74, 6) is 1.90. The van der Waals surface area contributed by atoms with Crippen molar-refractivity contribution >= 4 is 0 Å². The van der Waals surface area contributed by atoms with Crippen LogP contribution in [0.4, 0.5) is 0 Å². The number of aromatic nitrogens is 1. The number of methoxy groups -OCH3 is 3. The fourth-order valence-corrected chi connectivity index (χ4v) is 3.09. The van der Waals surface area contributed by atoms with Gasteiger partial charge in [0.15, 0.2) is 11.5 Å². The van der Waals surface area contributed by atoms with E-state index in [4.69, 9.17) is 14.2 Å². The highest BCUT2D eigenvalue weighted by Gasteiger charge is 2.20. The molecule has 0 spiro atoms. The molecular weight excluding hydrogens is 314 g/mol. The lowest BCUT2D eigenvalue weighted by Crippen LogP contribution is -2.02. The van der Waals surface area contributed by atoms with Gasteiger partial charge >= 0.3 is 0 Å². The first-order valence-electron chi connectivity index (χ1n) is 8.15. The molecule has 25 heavy (non-hydrogen) atoms. The lowest BCUT2D eigenvalue weighted by molar-refractivity contribution is 0.325. The van der Waals surface area contributed by atoms with Crippen LogP contribution in [0.2, 0.25) is 0 Å². The van der Waals surface area contributed by atoms with Crippen LogP contribution in [0.5, 0.6) is 17.2 Å². The van der Waals surface area contributed by atoms with E-state index in [9.17, 15) is 0 Å². The second kappa shape index (κ2) is 6.93. The molecule has 0 saturated heterocycles. The van der Waals surface area contributed by atoms with Crippen LogP contribution in [0.25, 0.3) is 16.9 Å². The maximum atomic E-state index is 5.67. The van der Waals surface area contributed by atoms with E-state index in [0.717, 1.165) is 22.6 Å². The zero-order chi connectivity index (χ0) is 18.0. The number of ether oxygens (including phenoxy) is 3. The third-order valence-electron chi connectivity index (χ3n) is 4.35. The molecule has 0 aliphatic carbocycles. The Bertz CT molecular complexity index is 879. The van der Waals surface area contributed by atoms with Crippen LogP contribution in [-0.4, -0.2) is 25.9 Å². The lowest BCUT2D eigenvalue weighted by Gasteiger charge is -2.18. The molecule has 0 aliphatic rings. The van der Waals surface area contributed by atoms with Gasteiger partial charge in [0.25, 0.3) is 0 Å². The van der Waals surface area contributed by atoms with Crippen LogP contribution >= 0.6 is 0 Å². The molecule has 0 N–H and O–H groups in total.